The van der Waals surface area contributed by atoms with Crippen LogP contribution < -0.4 is 4.74 Å². The molecule has 0 spiro atoms. The maximum Gasteiger partial charge on any atom is 0.221 e. The van der Waals surface area contributed by atoms with Gasteiger partial charge in [-0.2, -0.15) is 0 Å². The third-order valence-electron chi connectivity index (χ3n) is 5.71. The number of nitrogens with zero attached hydrogens (tertiary/aromatic N) is 3. The predicted octanol–water partition coefficient (Wildman–Crippen LogP) is 4.14. The standard InChI is InChI=1S/C23H24N4O2/c1-28-21-9-5-2-6-16(21)14-27-11-10-17(15-27)23-26-25-22(29-23)12-18-13-24-20-8-4-3-7-19(18)20/h2-9,13,17,24H,10-12,14-15H2,1H3. The van der Waals surface area contributed by atoms with E-state index < -0.39 is 0 Å². The number of nitrogens with one attached hydrogen (secondary N) is 1. The van der Waals surface area contributed by atoms with E-state index in [-0.39, 0.29) is 5.92 Å². The lowest BCUT2D eigenvalue weighted by molar-refractivity contribution is 0.310. The number of hydrogen-bond acceptors (Lipinski definition) is 5. The minimum atomic E-state index is 0.286. The normalized spacial score (nSPS) is 17.2. The van der Waals surface area contributed by atoms with E-state index in [4.69, 9.17) is 9.15 Å². The summed E-state index contributed by atoms with van der Waals surface area (Å²) in [6.07, 6.45) is 3.71. The summed E-state index contributed by atoms with van der Waals surface area (Å²) in [6.45, 7) is 2.81. The van der Waals surface area contributed by atoms with Crippen LogP contribution in [-0.4, -0.2) is 40.3 Å². The van der Waals surface area contributed by atoms with Crippen LogP contribution in [0.1, 0.15) is 35.2 Å². The Bertz CT molecular complexity index is 1120. The van der Waals surface area contributed by atoms with Gasteiger partial charge in [0.2, 0.25) is 11.8 Å². The van der Waals surface area contributed by atoms with Crippen LogP contribution in [0.15, 0.2) is 59.1 Å². The van der Waals surface area contributed by atoms with Gasteiger partial charge in [-0.05, 0) is 30.7 Å². The molecule has 0 saturated carbocycles. The molecule has 1 N–H and O–H groups in total. The average molecular weight is 388 g/mol. The van der Waals surface area contributed by atoms with Crippen LogP contribution in [0.2, 0.25) is 0 Å². The van der Waals surface area contributed by atoms with Crippen molar-refractivity contribution < 1.29 is 9.15 Å². The average Bonchev–Trinajstić information content (AvgIpc) is 3.49. The predicted molar refractivity (Wildman–Crippen MR) is 111 cm³/mol. The first-order valence-electron chi connectivity index (χ1n) is 10.0. The Labute approximate surface area is 169 Å². The smallest absolute Gasteiger partial charge is 0.221 e. The third-order valence-corrected chi connectivity index (χ3v) is 5.71. The highest BCUT2D eigenvalue weighted by Crippen LogP contribution is 2.30. The van der Waals surface area contributed by atoms with E-state index in [0.29, 0.717) is 12.3 Å². The number of fused-ring (bicyclic) bond motifs is 1. The van der Waals surface area contributed by atoms with Crippen LogP contribution in [0.25, 0.3) is 10.9 Å². The quantitative estimate of drug-likeness (QED) is 0.538. The summed E-state index contributed by atoms with van der Waals surface area (Å²) >= 11 is 0. The molecule has 0 radical (unpaired) electrons. The first kappa shape index (κ1) is 17.9. The monoisotopic (exact) mass is 388 g/mol. The number of methoxy groups -OCH3 is 1. The van der Waals surface area contributed by atoms with Crippen molar-refractivity contribution in [1.29, 1.82) is 0 Å². The molecule has 148 valence electrons. The summed E-state index contributed by atoms with van der Waals surface area (Å²) in [4.78, 5) is 5.72. The molecule has 0 aliphatic carbocycles. The number of para-hydroxylation sites is 2. The molecular weight excluding hydrogens is 364 g/mol. The van der Waals surface area contributed by atoms with Crippen molar-refractivity contribution in [2.45, 2.75) is 25.3 Å². The molecule has 1 aliphatic rings. The van der Waals surface area contributed by atoms with Crippen molar-refractivity contribution in [3.05, 3.63) is 77.6 Å². The van der Waals surface area contributed by atoms with Crippen LogP contribution in [0.4, 0.5) is 0 Å². The Morgan fingerprint density at radius 1 is 1.10 bits per heavy atom. The SMILES string of the molecule is COc1ccccc1CN1CCC(c2nnc(Cc3c[nH]c4ccccc34)o2)C1. The number of aromatic nitrogens is 3. The Morgan fingerprint density at radius 3 is 2.90 bits per heavy atom. The number of hydrogen-bond donors (Lipinski definition) is 1. The van der Waals surface area contributed by atoms with Crippen molar-refractivity contribution in [3.8, 4) is 5.75 Å². The second-order valence-electron chi connectivity index (χ2n) is 7.60. The molecule has 6 heteroatoms. The van der Waals surface area contributed by atoms with Crippen molar-refractivity contribution in [2.24, 2.45) is 0 Å². The molecule has 1 saturated heterocycles. The van der Waals surface area contributed by atoms with Gasteiger partial charge < -0.3 is 14.1 Å². The lowest BCUT2D eigenvalue weighted by atomic mass is 10.1. The fourth-order valence-corrected chi connectivity index (χ4v) is 4.20. The van der Waals surface area contributed by atoms with Gasteiger partial charge in [-0.1, -0.05) is 36.4 Å². The van der Waals surface area contributed by atoms with Crippen molar-refractivity contribution in [3.63, 3.8) is 0 Å². The summed E-state index contributed by atoms with van der Waals surface area (Å²) in [5.41, 5.74) is 3.52. The minimum Gasteiger partial charge on any atom is -0.496 e. The molecule has 6 nitrogen and oxygen atoms in total. The van der Waals surface area contributed by atoms with Gasteiger partial charge in [-0.25, -0.2) is 0 Å². The first-order chi connectivity index (χ1) is 14.3. The summed E-state index contributed by atoms with van der Waals surface area (Å²) < 4.78 is 11.5. The van der Waals surface area contributed by atoms with Crippen LogP contribution in [0.5, 0.6) is 5.75 Å². The topological polar surface area (TPSA) is 67.2 Å². The first-order valence-corrected chi connectivity index (χ1v) is 10.0. The zero-order chi connectivity index (χ0) is 19.6. The van der Waals surface area contributed by atoms with Gasteiger partial charge in [-0.15, -0.1) is 10.2 Å². The lowest BCUT2D eigenvalue weighted by Gasteiger charge is -2.17. The second kappa shape index (κ2) is 7.72. The number of ether oxygens (including phenoxy) is 1. The Kier molecular flexibility index (Phi) is 4.77. The molecule has 0 amide bonds. The molecule has 2 aromatic heterocycles. The molecule has 1 aliphatic heterocycles. The largest absolute Gasteiger partial charge is 0.496 e. The fraction of sp³-hybridized carbons (Fsp3) is 0.304. The Morgan fingerprint density at radius 2 is 1.97 bits per heavy atom. The zero-order valence-electron chi connectivity index (χ0n) is 16.5. The highest BCUT2D eigenvalue weighted by molar-refractivity contribution is 5.83. The second-order valence-corrected chi connectivity index (χ2v) is 7.60. The van der Waals surface area contributed by atoms with Gasteiger partial charge >= 0.3 is 0 Å². The van der Waals surface area contributed by atoms with Gasteiger partial charge in [0.25, 0.3) is 0 Å². The summed E-state index contributed by atoms with van der Waals surface area (Å²) in [6, 6.07) is 16.5. The third kappa shape index (κ3) is 3.63. The number of aromatic amines is 1. The summed E-state index contributed by atoms with van der Waals surface area (Å²) in [5.74, 6) is 2.65. The Hall–Kier alpha value is -3.12. The van der Waals surface area contributed by atoms with E-state index in [1.165, 1.54) is 16.5 Å². The van der Waals surface area contributed by atoms with E-state index in [2.05, 4.69) is 44.3 Å². The van der Waals surface area contributed by atoms with E-state index in [0.717, 1.165) is 43.2 Å². The summed E-state index contributed by atoms with van der Waals surface area (Å²) in [5, 5.41) is 9.87. The minimum absolute atomic E-state index is 0.286. The zero-order valence-corrected chi connectivity index (χ0v) is 16.5. The van der Waals surface area contributed by atoms with Crippen molar-refractivity contribution >= 4 is 10.9 Å². The van der Waals surface area contributed by atoms with Crippen molar-refractivity contribution in [2.75, 3.05) is 20.2 Å². The molecule has 5 rings (SSSR count). The fourth-order valence-electron chi connectivity index (χ4n) is 4.20. The lowest BCUT2D eigenvalue weighted by Crippen LogP contribution is -2.20. The van der Waals surface area contributed by atoms with Crippen LogP contribution >= 0.6 is 0 Å². The van der Waals surface area contributed by atoms with Crippen molar-refractivity contribution in [1.82, 2.24) is 20.1 Å². The number of benzene rings is 2. The summed E-state index contributed by atoms with van der Waals surface area (Å²) in [7, 11) is 1.72. The highest BCUT2D eigenvalue weighted by Gasteiger charge is 2.28. The van der Waals surface area contributed by atoms with Gasteiger partial charge in [0, 0.05) is 35.8 Å². The maximum absolute atomic E-state index is 6.05. The molecule has 1 atom stereocenters. The van der Waals surface area contributed by atoms with E-state index in [9.17, 15) is 0 Å². The van der Waals surface area contributed by atoms with Gasteiger partial charge in [0.1, 0.15) is 5.75 Å². The van der Waals surface area contributed by atoms with E-state index in [1.807, 2.05) is 30.5 Å². The van der Waals surface area contributed by atoms with Gasteiger partial charge in [0.05, 0.1) is 19.4 Å². The van der Waals surface area contributed by atoms with Gasteiger partial charge in [0.15, 0.2) is 0 Å². The molecule has 1 unspecified atom stereocenters. The molecule has 3 heterocycles. The maximum atomic E-state index is 6.05. The molecule has 29 heavy (non-hydrogen) atoms. The van der Waals surface area contributed by atoms with Gasteiger partial charge in [-0.3, -0.25) is 4.90 Å². The number of likely N-dealkylation sites (tertiary alicyclic amines) is 1. The Balaban J connectivity index is 1.25. The van der Waals surface area contributed by atoms with E-state index in [1.54, 1.807) is 7.11 Å². The highest BCUT2D eigenvalue weighted by atomic mass is 16.5. The molecule has 0 bridgehead atoms. The molecule has 2 aromatic carbocycles. The van der Waals surface area contributed by atoms with Crippen LogP contribution in [-0.2, 0) is 13.0 Å². The molecular formula is C23H24N4O2. The molecule has 4 aromatic rings. The van der Waals surface area contributed by atoms with Crippen LogP contribution in [0, 0.1) is 0 Å². The number of H-pyrrole nitrogens is 1. The van der Waals surface area contributed by atoms with E-state index >= 15 is 0 Å². The molecule has 1 fully saturated rings. The number of rotatable bonds is 6. The van der Waals surface area contributed by atoms with Crippen LogP contribution in [0.3, 0.4) is 0 Å².